The van der Waals surface area contributed by atoms with Gasteiger partial charge in [0.15, 0.2) is 0 Å². The van der Waals surface area contributed by atoms with Gasteiger partial charge in [0, 0.05) is 19.1 Å². The quantitative estimate of drug-likeness (QED) is 0.791. The van der Waals surface area contributed by atoms with Crippen molar-refractivity contribution in [3.05, 3.63) is 0 Å². The summed E-state index contributed by atoms with van der Waals surface area (Å²) in [5, 5.41) is 3.69. The maximum atomic E-state index is 3.69. The van der Waals surface area contributed by atoms with E-state index in [1.165, 1.54) is 77.9 Å². The van der Waals surface area contributed by atoms with Crippen molar-refractivity contribution in [3.63, 3.8) is 0 Å². The van der Waals surface area contributed by atoms with Gasteiger partial charge in [-0.2, -0.15) is 0 Å². The van der Waals surface area contributed by atoms with Crippen LogP contribution >= 0.6 is 0 Å². The van der Waals surface area contributed by atoms with Gasteiger partial charge in [0.25, 0.3) is 0 Å². The lowest BCUT2D eigenvalue weighted by Crippen LogP contribution is -2.40. The van der Waals surface area contributed by atoms with Gasteiger partial charge in [0.2, 0.25) is 0 Å². The molecule has 3 aliphatic heterocycles. The summed E-state index contributed by atoms with van der Waals surface area (Å²) in [6.07, 6.45) is 7.08. The van der Waals surface area contributed by atoms with Crippen LogP contribution in [0.3, 0.4) is 0 Å². The molecule has 3 heterocycles. The molecule has 0 amide bonds. The van der Waals surface area contributed by atoms with E-state index in [4.69, 9.17) is 0 Å². The van der Waals surface area contributed by atoms with E-state index in [0.717, 1.165) is 12.0 Å². The van der Waals surface area contributed by atoms with Crippen LogP contribution in [0.2, 0.25) is 0 Å². The Morgan fingerprint density at radius 3 is 2.59 bits per heavy atom. The molecule has 98 valence electrons. The molecule has 3 saturated heterocycles. The summed E-state index contributed by atoms with van der Waals surface area (Å²) in [5.41, 5.74) is 0. The van der Waals surface area contributed by atoms with Crippen molar-refractivity contribution in [3.8, 4) is 0 Å². The molecule has 3 nitrogen and oxygen atoms in total. The molecule has 3 aliphatic rings. The van der Waals surface area contributed by atoms with E-state index in [1.54, 1.807) is 0 Å². The lowest BCUT2D eigenvalue weighted by atomic mass is 9.94. The molecule has 0 saturated carbocycles. The highest BCUT2D eigenvalue weighted by Crippen LogP contribution is 2.24. The number of fused-ring (bicyclic) bond motifs is 1. The zero-order valence-electron chi connectivity index (χ0n) is 11.0. The summed E-state index contributed by atoms with van der Waals surface area (Å²) >= 11 is 0. The smallest absolute Gasteiger partial charge is 0.0235 e. The van der Waals surface area contributed by atoms with Crippen LogP contribution in [0.5, 0.6) is 0 Å². The number of hydrogen-bond donors (Lipinski definition) is 1. The average Bonchev–Trinajstić information content (AvgIpc) is 2.96. The SMILES string of the molecule is C1CN[C@@H]2CN(CCCN3CCCC3)C[C@@H]2C1. The zero-order chi connectivity index (χ0) is 11.5. The van der Waals surface area contributed by atoms with Gasteiger partial charge in [-0.25, -0.2) is 0 Å². The van der Waals surface area contributed by atoms with Gasteiger partial charge >= 0.3 is 0 Å². The van der Waals surface area contributed by atoms with E-state index in [2.05, 4.69) is 15.1 Å². The first-order valence-electron chi connectivity index (χ1n) is 7.60. The second-order valence-corrected chi connectivity index (χ2v) is 6.12. The molecule has 0 spiro atoms. The van der Waals surface area contributed by atoms with Gasteiger partial charge in [-0.1, -0.05) is 0 Å². The third kappa shape index (κ3) is 3.01. The normalized spacial score (nSPS) is 35.3. The summed E-state index contributed by atoms with van der Waals surface area (Å²) in [5.74, 6) is 0.954. The molecule has 0 unspecified atom stereocenters. The molecule has 3 rings (SSSR count). The maximum absolute atomic E-state index is 3.69. The Hall–Kier alpha value is -0.120. The molecule has 0 aromatic carbocycles. The summed E-state index contributed by atoms with van der Waals surface area (Å²) in [4.78, 5) is 5.34. The highest BCUT2D eigenvalue weighted by Gasteiger charge is 2.33. The standard InChI is InChI=1S/C14H27N3/c1-2-8-16(7-1)9-4-10-17-11-13-5-3-6-15-14(13)12-17/h13-15H,1-12H2/t13-,14+/m0/s1. The first-order valence-corrected chi connectivity index (χ1v) is 7.60. The number of nitrogens with one attached hydrogen (secondary N) is 1. The third-order valence-corrected chi connectivity index (χ3v) is 4.82. The first kappa shape index (κ1) is 11.9. The highest BCUT2D eigenvalue weighted by molar-refractivity contribution is 4.91. The van der Waals surface area contributed by atoms with Crippen molar-refractivity contribution in [2.45, 2.75) is 38.1 Å². The van der Waals surface area contributed by atoms with Crippen LogP contribution in [0.1, 0.15) is 32.1 Å². The molecule has 2 atom stereocenters. The van der Waals surface area contributed by atoms with Crippen molar-refractivity contribution in [1.82, 2.24) is 15.1 Å². The van der Waals surface area contributed by atoms with Crippen LogP contribution in [-0.4, -0.2) is 61.7 Å². The Balaban J connectivity index is 1.35. The summed E-state index contributed by atoms with van der Waals surface area (Å²) in [6, 6.07) is 0.815. The van der Waals surface area contributed by atoms with Crippen molar-refractivity contribution < 1.29 is 0 Å². The summed E-state index contributed by atoms with van der Waals surface area (Å²) in [7, 11) is 0. The largest absolute Gasteiger partial charge is 0.312 e. The maximum Gasteiger partial charge on any atom is 0.0235 e. The van der Waals surface area contributed by atoms with Crippen LogP contribution in [0.15, 0.2) is 0 Å². The van der Waals surface area contributed by atoms with Crippen LogP contribution < -0.4 is 5.32 Å². The molecule has 0 aromatic heterocycles. The van der Waals surface area contributed by atoms with Gasteiger partial charge in [-0.05, 0) is 70.7 Å². The second-order valence-electron chi connectivity index (χ2n) is 6.12. The van der Waals surface area contributed by atoms with E-state index in [-0.39, 0.29) is 0 Å². The van der Waals surface area contributed by atoms with Gasteiger partial charge in [0.05, 0.1) is 0 Å². The zero-order valence-corrected chi connectivity index (χ0v) is 11.0. The fourth-order valence-corrected chi connectivity index (χ4v) is 3.84. The number of likely N-dealkylation sites (tertiary alicyclic amines) is 2. The molecule has 0 radical (unpaired) electrons. The van der Waals surface area contributed by atoms with E-state index in [0.29, 0.717) is 0 Å². The number of rotatable bonds is 4. The van der Waals surface area contributed by atoms with E-state index < -0.39 is 0 Å². The van der Waals surface area contributed by atoms with Crippen LogP contribution in [0, 0.1) is 5.92 Å². The van der Waals surface area contributed by atoms with Crippen molar-refractivity contribution in [1.29, 1.82) is 0 Å². The molecule has 0 aliphatic carbocycles. The van der Waals surface area contributed by atoms with Crippen LogP contribution in [-0.2, 0) is 0 Å². The molecule has 0 aromatic rings. The molecule has 3 heteroatoms. The lowest BCUT2D eigenvalue weighted by molar-refractivity contribution is 0.273. The Morgan fingerprint density at radius 1 is 0.941 bits per heavy atom. The van der Waals surface area contributed by atoms with Gasteiger partial charge in [-0.15, -0.1) is 0 Å². The second kappa shape index (κ2) is 5.68. The number of piperidine rings is 1. The minimum absolute atomic E-state index is 0.815. The molecule has 17 heavy (non-hydrogen) atoms. The Bertz CT molecular complexity index is 224. The predicted molar refractivity (Wildman–Crippen MR) is 71.2 cm³/mol. The van der Waals surface area contributed by atoms with E-state index >= 15 is 0 Å². The number of nitrogens with zero attached hydrogens (tertiary/aromatic N) is 2. The summed E-state index contributed by atoms with van der Waals surface area (Å²) in [6.45, 7) is 9.29. The minimum Gasteiger partial charge on any atom is -0.312 e. The Kier molecular flexibility index (Phi) is 3.99. The van der Waals surface area contributed by atoms with Crippen molar-refractivity contribution >= 4 is 0 Å². The monoisotopic (exact) mass is 237 g/mol. The topological polar surface area (TPSA) is 18.5 Å². The highest BCUT2D eigenvalue weighted by atomic mass is 15.2. The van der Waals surface area contributed by atoms with Crippen LogP contribution in [0.4, 0.5) is 0 Å². The third-order valence-electron chi connectivity index (χ3n) is 4.82. The Morgan fingerprint density at radius 2 is 1.76 bits per heavy atom. The van der Waals surface area contributed by atoms with E-state index in [9.17, 15) is 0 Å². The molecule has 0 bridgehead atoms. The van der Waals surface area contributed by atoms with Gasteiger partial charge in [-0.3, -0.25) is 0 Å². The fourth-order valence-electron chi connectivity index (χ4n) is 3.84. The number of hydrogen-bond acceptors (Lipinski definition) is 3. The fraction of sp³-hybridized carbons (Fsp3) is 1.00. The molecule has 1 N–H and O–H groups in total. The Labute approximate surface area is 106 Å². The predicted octanol–water partition coefficient (Wildman–Crippen LogP) is 1.16. The molecular formula is C14H27N3. The van der Waals surface area contributed by atoms with Gasteiger partial charge < -0.3 is 15.1 Å². The summed E-state index contributed by atoms with van der Waals surface area (Å²) < 4.78 is 0. The molecule has 3 fully saturated rings. The van der Waals surface area contributed by atoms with Crippen molar-refractivity contribution in [2.75, 3.05) is 45.8 Å². The molecular weight excluding hydrogens is 210 g/mol. The van der Waals surface area contributed by atoms with Crippen LogP contribution in [0.25, 0.3) is 0 Å². The van der Waals surface area contributed by atoms with Gasteiger partial charge in [0.1, 0.15) is 0 Å². The lowest BCUT2D eigenvalue weighted by Gasteiger charge is -2.24. The van der Waals surface area contributed by atoms with E-state index in [1.807, 2.05) is 0 Å². The first-order chi connectivity index (χ1) is 8.42. The van der Waals surface area contributed by atoms with Crippen molar-refractivity contribution in [2.24, 2.45) is 5.92 Å². The minimum atomic E-state index is 0.815. The average molecular weight is 237 g/mol.